The van der Waals surface area contributed by atoms with E-state index >= 15 is 0 Å². The highest BCUT2D eigenvalue weighted by Gasteiger charge is 2.39. The van der Waals surface area contributed by atoms with E-state index in [1.54, 1.807) is 26.0 Å². The van der Waals surface area contributed by atoms with Gasteiger partial charge in [-0.15, -0.1) is 0 Å². The van der Waals surface area contributed by atoms with Crippen molar-refractivity contribution in [3.63, 3.8) is 0 Å². The molecule has 0 bridgehead atoms. The van der Waals surface area contributed by atoms with Crippen molar-refractivity contribution in [2.75, 3.05) is 6.54 Å². The maximum Gasteiger partial charge on any atom is 0.326 e. The Balaban J connectivity index is 2.27. The smallest absolute Gasteiger partial charge is 0.326 e. The number of carbonyl (C=O) groups is 5. The number of amides is 4. The highest BCUT2D eigenvalue weighted by molar-refractivity contribution is 5.96. The molecule has 2 rings (SSSR count). The summed E-state index contributed by atoms with van der Waals surface area (Å²) < 4.78 is 0. The van der Waals surface area contributed by atoms with Gasteiger partial charge in [0.25, 0.3) is 0 Å². The third-order valence-corrected chi connectivity index (χ3v) is 5.87. The first-order valence-corrected chi connectivity index (χ1v) is 11.4. The number of nitrogens with two attached hydrogens (primary N) is 2. The molecule has 35 heavy (non-hydrogen) atoms. The van der Waals surface area contributed by atoms with E-state index in [1.165, 1.54) is 12.1 Å². The lowest BCUT2D eigenvalue weighted by atomic mass is 10.0. The van der Waals surface area contributed by atoms with Crippen LogP contribution in [-0.2, 0) is 30.4 Å². The van der Waals surface area contributed by atoms with Gasteiger partial charge in [0.1, 0.15) is 23.9 Å². The molecule has 0 aliphatic carbocycles. The minimum atomic E-state index is -1.40. The molecule has 1 aliphatic heterocycles. The average Bonchev–Trinajstić information content (AvgIpc) is 3.28. The maximum atomic E-state index is 13.2. The SMILES string of the molecule is CC(C)C(N)C(=O)NC(Cc1ccc(O)cc1)C(=O)NC(CC(N)=O)C(=O)N1CCCC1C(=O)O. The average molecular weight is 492 g/mol. The second kappa shape index (κ2) is 12.2. The van der Waals surface area contributed by atoms with E-state index < -0.39 is 60.2 Å². The van der Waals surface area contributed by atoms with Gasteiger partial charge in [-0.3, -0.25) is 19.2 Å². The fourth-order valence-corrected chi connectivity index (χ4v) is 3.81. The first-order chi connectivity index (χ1) is 16.4. The summed E-state index contributed by atoms with van der Waals surface area (Å²) >= 11 is 0. The first kappa shape index (κ1) is 27.6. The Morgan fingerprint density at radius 1 is 1.06 bits per heavy atom. The molecule has 4 unspecified atom stereocenters. The lowest BCUT2D eigenvalue weighted by molar-refractivity contribution is -0.149. The van der Waals surface area contributed by atoms with Crippen LogP contribution in [0.2, 0.25) is 0 Å². The number of primary amides is 1. The zero-order valence-corrected chi connectivity index (χ0v) is 19.8. The summed E-state index contributed by atoms with van der Waals surface area (Å²) in [6.07, 6.45) is 0.178. The standard InChI is InChI=1S/C23H33N5O7/c1-12(2)19(25)21(32)26-15(10-13-5-7-14(29)8-6-13)20(31)27-16(11-18(24)30)22(33)28-9-3-4-17(28)23(34)35/h5-8,12,15-17,19,29H,3-4,9-11,25H2,1-2H3,(H2,24,30)(H,26,32)(H,27,31)(H,34,35). The zero-order chi connectivity index (χ0) is 26.3. The molecule has 0 spiro atoms. The minimum Gasteiger partial charge on any atom is -0.508 e. The first-order valence-electron chi connectivity index (χ1n) is 11.4. The number of phenols is 1. The number of phenolic OH excluding ortho intramolecular Hbond substituents is 1. The van der Waals surface area contributed by atoms with Gasteiger partial charge in [-0.25, -0.2) is 4.79 Å². The fraction of sp³-hybridized carbons (Fsp3) is 0.522. The summed E-state index contributed by atoms with van der Waals surface area (Å²) in [5, 5.41) is 24.0. The maximum absolute atomic E-state index is 13.2. The number of aliphatic carboxylic acids is 1. The van der Waals surface area contributed by atoms with Crippen LogP contribution in [0.4, 0.5) is 0 Å². The van der Waals surface area contributed by atoms with Crippen LogP contribution < -0.4 is 22.1 Å². The lowest BCUT2D eigenvalue weighted by Gasteiger charge is -2.28. The summed E-state index contributed by atoms with van der Waals surface area (Å²) in [6.45, 7) is 3.66. The van der Waals surface area contributed by atoms with E-state index in [0.29, 0.717) is 12.0 Å². The fourth-order valence-electron chi connectivity index (χ4n) is 3.81. The number of hydrogen-bond acceptors (Lipinski definition) is 7. The van der Waals surface area contributed by atoms with Crippen LogP contribution in [0.15, 0.2) is 24.3 Å². The van der Waals surface area contributed by atoms with Gasteiger partial charge in [0.05, 0.1) is 12.5 Å². The number of aromatic hydroxyl groups is 1. The van der Waals surface area contributed by atoms with Gasteiger partial charge in [-0.2, -0.15) is 0 Å². The highest BCUT2D eigenvalue weighted by atomic mass is 16.4. The molecule has 1 aromatic rings. The number of carboxylic acids is 1. The van der Waals surface area contributed by atoms with Gasteiger partial charge in [-0.05, 0) is 36.5 Å². The van der Waals surface area contributed by atoms with Crippen molar-refractivity contribution in [3.05, 3.63) is 29.8 Å². The van der Waals surface area contributed by atoms with Gasteiger partial charge >= 0.3 is 5.97 Å². The van der Waals surface area contributed by atoms with Crippen molar-refractivity contribution in [2.45, 2.75) is 63.7 Å². The Hall–Kier alpha value is -3.67. The molecule has 8 N–H and O–H groups in total. The van der Waals surface area contributed by atoms with E-state index in [2.05, 4.69) is 10.6 Å². The number of nitrogens with one attached hydrogen (secondary N) is 2. The molecule has 4 amide bonds. The second-order valence-electron chi connectivity index (χ2n) is 8.96. The monoisotopic (exact) mass is 491 g/mol. The van der Waals surface area contributed by atoms with Crippen LogP contribution in [0.3, 0.4) is 0 Å². The van der Waals surface area contributed by atoms with Crippen LogP contribution in [-0.4, -0.2) is 75.4 Å². The molecule has 192 valence electrons. The van der Waals surface area contributed by atoms with Gasteiger partial charge in [0, 0.05) is 13.0 Å². The summed E-state index contributed by atoms with van der Waals surface area (Å²) in [5.41, 5.74) is 11.8. The molecule has 4 atom stereocenters. The van der Waals surface area contributed by atoms with Gasteiger partial charge < -0.3 is 37.2 Å². The van der Waals surface area contributed by atoms with Crippen LogP contribution in [0.1, 0.15) is 38.7 Å². The van der Waals surface area contributed by atoms with Crippen molar-refractivity contribution < 1.29 is 34.2 Å². The third kappa shape index (κ3) is 7.67. The minimum absolute atomic E-state index is 0.00160. The molecule has 0 radical (unpaired) electrons. The van der Waals surface area contributed by atoms with Crippen molar-refractivity contribution in [1.82, 2.24) is 15.5 Å². The molecule has 12 heteroatoms. The molecule has 1 saturated heterocycles. The van der Waals surface area contributed by atoms with E-state index in [4.69, 9.17) is 11.5 Å². The number of hydrogen-bond donors (Lipinski definition) is 6. The summed E-state index contributed by atoms with van der Waals surface area (Å²) in [4.78, 5) is 63.1. The largest absolute Gasteiger partial charge is 0.508 e. The quantitative estimate of drug-likeness (QED) is 0.222. The molecular formula is C23H33N5O7. The predicted molar refractivity (Wildman–Crippen MR) is 125 cm³/mol. The molecule has 1 heterocycles. The number of benzene rings is 1. The molecular weight excluding hydrogens is 458 g/mol. The Morgan fingerprint density at radius 3 is 2.20 bits per heavy atom. The van der Waals surface area contributed by atoms with E-state index in [-0.39, 0.29) is 31.1 Å². The van der Waals surface area contributed by atoms with Crippen molar-refractivity contribution >= 4 is 29.6 Å². The van der Waals surface area contributed by atoms with E-state index in [0.717, 1.165) is 4.90 Å². The number of carboxylic acid groups (broad SMARTS) is 1. The zero-order valence-electron chi connectivity index (χ0n) is 19.8. The molecule has 1 fully saturated rings. The van der Waals surface area contributed by atoms with Crippen molar-refractivity contribution in [3.8, 4) is 5.75 Å². The summed E-state index contributed by atoms with van der Waals surface area (Å²) in [6, 6.07) is 1.44. The predicted octanol–water partition coefficient (Wildman–Crippen LogP) is -1.16. The third-order valence-electron chi connectivity index (χ3n) is 5.87. The van der Waals surface area contributed by atoms with Gasteiger partial charge in [0.15, 0.2) is 0 Å². The van der Waals surface area contributed by atoms with Crippen LogP contribution >= 0.6 is 0 Å². The number of nitrogens with zero attached hydrogens (tertiary/aromatic N) is 1. The molecule has 12 nitrogen and oxygen atoms in total. The normalized spacial score (nSPS) is 17.9. The van der Waals surface area contributed by atoms with Crippen LogP contribution in [0.5, 0.6) is 5.75 Å². The molecule has 0 saturated carbocycles. The number of carbonyl (C=O) groups excluding carboxylic acids is 4. The Labute approximate surface area is 203 Å². The number of likely N-dealkylation sites (tertiary alicyclic amines) is 1. The number of rotatable bonds is 11. The second-order valence-corrected chi connectivity index (χ2v) is 8.96. The Kier molecular flexibility index (Phi) is 9.58. The van der Waals surface area contributed by atoms with Crippen molar-refractivity contribution in [2.24, 2.45) is 17.4 Å². The van der Waals surface area contributed by atoms with Crippen LogP contribution in [0.25, 0.3) is 0 Å². The lowest BCUT2D eigenvalue weighted by Crippen LogP contribution is -2.58. The Morgan fingerprint density at radius 2 is 1.66 bits per heavy atom. The summed E-state index contributed by atoms with van der Waals surface area (Å²) in [7, 11) is 0. The molecule has 0 aromatic heterocycles. The highest BCUT2D eigenvalue weighted by Crippen LogP contribution is 2.19. The van der Waals surface area contributed by atoms with Crippen molar-refractivity contribution in [1.29, 1.82) is 0 Å². The van der Waals surface area contributed by atoms with E-state index in [9.17, 15) is 34.2 Å². The Bertz CT molecular complexity index is 950. The molecule has 1 aliphatic rings. The molecule has 1 aromatic carbocycles. The van der Waals surface area contributed by atoms with Gasteiger partial charge in [-0.1, -0.05) is 26.0 Å². The topological polar surface area (TPSA) is 205 Å². The van der Waals surface area contributed by atoms with Gasteiger partial charge in [0.2, 0.25) is 23.6 Å². The van der Waals surface area contributed by atoms with Crippen LogP contribution in [0, 0.1) is 5.92 Å². The summed E-state index contributed by atoms with van der Waals surface area (Å²) in [5.74, 6) is -4.33. The van der Waals surface area contributed by atoms with E-state index in [1.807, 2.05) is 0 Å².